The smallest absolute Gasteiger partial charge is 0.263 e. The molecule has 0 unspecified atom stereocenters. The zero-order valence-electron chi connectivity index (χ0n) is 12.0. The largest absolute Gasteiger partial charge is 0.390 e. The van der Waals surface area contributed by atoms with Crippen molar-refractivity contribution >= 4 is 5.91 Å². The molecule has 0 fully saturated rings. The standard InChI is InChI=1S/C16H21N3O/c1-13(2)19-16(20)15(11-17)12-18-10-6-9-14-7-4-3-5-8-14/h3-5,7-8,12-13,18H,6,9-10H2,1-2H3,(H,19,20)/b15-12-. The molecule has 0 atom stereocenters. The molecule has 4 heteroatoms. The Balaban J connectivity index is 2.32. The maximum atomic E-state index is 11.6. The molecule has 1 aromatic carbocycles. The van der Waals surface area contributed by atoms with Crippen LogP contribution in [0.15, 0.2) is 42.1 Å². The van der Waals surface area contributed by atoms with Gasteiger partial charge in [-0.3, -0.25) is 4.79 Å². The minimum absolute atomic E-state index is 0.0253. The van der Waals surface area contributed by atoms with Gasteiger partial charge >= 0.3 is 0 Å². The van der Waals surface area contributed by atoms with Gasteiger partial charge < -0.3 is 10.6 Å². The third-order valence-corrected chi connectivity index (χ3v) is 2.66. The van der Waals surface area contributed by atoms with Crippen LogP contribution in [0, 0.1) is 11.3 Å². The van der Waals surface area contributed by atoms with E-state index in [1.807, 2.05) is 38.1 Å². The molecular formula is C16H21N3O. The van der Waals surface area contributed by atoms with E-state index in [0.29, 0.717) is 0 Å². The fourth-order valence-corrected chi connectivity index (χ4v) is 1.70. The number of rotatable bonds is 7. The summed E-state index contributed by atoms with van der Waals surface area (Å²) in [6.45, 7) is 4.45. The Morgan fingerprint density at radius 2 is 2.05 bits per heavy atom. The molecule has 0 bridgehead atoms. The van der Waals surface area contributed by atoms with Gasteiger partial charge in [0.25, 0.3) is 5.91 Å². The van der Waals surface area contributed by atoms with Crippen molar-refractivity contribution in [2.45, 2.75) is 32.7 Å². The van der Waals surface area contributed by atoms with Gasteiger partial charge in [0.2, 0.25) is 0 Å². The number of carbonyl (C=O) groups is 1. The van der Waals surface area contributed by atoms with E-state index < -0.39 is 0 Å². The first-order chi connectivity index (χ1) is 9.63. The molecule has 0 aliphatic rings. The Kier molecular flexibility index (Phi) is 6.91. The van der Waals surface area contributed by atoms with Crippen molar-refractivity contribution in [1.82, 2.24) is 10.6 Å². The monoisotopic (exact) mass is 271 g/mol. The maximum Gasteiger partial charge on any atom is 0.263 e. The molecule has 0 radical (unpaired) electrons. The van der Waals surface area contributed by atoms with Crippen LogP contribution in [0.4, 0.5) is 0 Å². The van der Waals surface area contributed by atoms with Crippen LogP contribution in [-0.4, -0.2) is 18.5 Å². The average molecular weight is 271 g/mol. The van der Waals surface area contributed by atoms with Crippen LogP contribution in [0.1, 0.15) is 25.8 Å². The lowest BCUT2D eigenvalue weighted by atomic mass is 10.1. The van der Waals surface area contributed by atoms with Crippen molar-refractivity contribution in [3.8, 4) is 6.07 Å². The fraction of sp³-hybridized carbons (Fsp3) is 0.375. The van der Waals surface area contributed by atoms with Gasteiger partial charge in [0.1, 0.15) is 11.6 Å². The predicted octanol–water partition coefficient (Wildman–Crippen LogP) is 2.14. The Hall–Kier alpha value is -2.28. The third kappa shape index (κ3) is 6.05. The molecule has 0 spiro atoms. The van der Waals surface area contributed by atoms with Crippen molar-refractivity contribution in [3.05, 3.63) is 47.7 Å². The summed E-state index contributed by atoms with van der Waals surface area (Å²) in [7, 11) is 0. The molecule has 4 nitrogen and oxygen atoms in total. The number of nitrogens with zero attached hydrogens (tertiary/aromatic N) is 1. The van der Waals surface area contributed by atoms with E-state index in [2.05, 4.69) is 22.8 Å². The zero-order valence-corrected chi connectivity index (χ0v) is 12.0. The van der Waals surface area contributed by atoms with E-state index in [1.165, 1.54) is 11.8 Å². The molecule has 0 aromatic heterocycles. The highest BCUT2D eigenvalue weighted by Crippen LogP contribution is 2.01. The minimum Gasteiger partial charge on any atom is -0.390 e. The summed E-state index contributed by atoms with van der Waals surface area (Å²) < 4.78 is 0. The molecule has 0 saturated heterocycles. The van der Waals surface area contributed by atoms with E-state index in [1.54, 1.807) is 0 Å². The lowest BCUT2D eigenvalue weighted by Crippen LogP contribution is -2.31. The van der Waals surface area contributed by atoms with Crippen LogP contribution in [0.3, 0.4) is 0 Å². The predicted molar refractivity (Wildman–Crippen MR) is 79.7 cm³/mol. The van der Waals surface area contributed by atoms with Gasteiger partial charge in [-0.25, -0.2) is 0 Å². The number of amides is 1. The Labute approximate surface area is 120 Å². The van der Waals surface area contributed by atoms with Crippen LogP contribution in [0.25, 0.3) is 0 Å². The fourth-order valence-electron chi connectivity index (χ4n) is 1.70. The number of nitrogens with one attached hydrogen (secondary N) is 2. The zero-order chi connectivity index (χ0) is 14.8. The van der Waals surface area contributed by atoms with Crippen LogP contribution < -0.4 is 10.6 Å². The first-order valence-electron chi connectivity index (χ1n) is 6.82. The Morgan fingerprint density at radius 1 is 1.35 bits per heavy atom. The van der Waals surface area contributed by atoms with Gasteiger partial charge in [0.05, 0.1) is 0 Å². The normalized spacial score (nSPS) is 11.0. The van der Waals surface area contributed by atoms with Crippen molar-refractivity contribution in [2.24, 2.45) is 0 Å². The summed E-state index contributed by atoms with van der Waals surface area (Å²) in [5.74, 6) is -0.335. The molecule has 1 aromatic rings. The van der Waals surface area contributed by atoms with Crippen LogP contribution in [0.2, 0.25) is 0 Å². The quantitative estimate of drug-likeness (QED) is 0.453. The molecule has 0 saturated carbocycles. The van der Waals surface area contributed by atoms with Gasteiger partial charge in [-0.05, 0) is 32.3 Å². The molecule has 20 heavy (non-hydrogen) atoms. The number of carbonyl (C=O) groups excluding carboxylic acids is 1. The van der Waals surface area contributed by atoms with E-state index >= 15 is 0 Å². The number of nitriles is 1. The highest BCUT2D eigenvalue weighted by atomic mass is 16.1. The average Bonchev–Trinajstić information content (AvgIpc) is 2.43. The van der Waals surface area contributed by atoms with Crippen LogP contribution in [0.5, 0.6) is 0 Å². The van der Waals surface area contributed by atoms with Gasteiger partial charge in [0.15, 0.2) is 0 Å². The topological polar surface area (TPSA) is 64.9 Å². The molecule has 106 valence electrons. The Morgan fingerprint density at radius 3 is 2.65 bits per heavy atom. The van der Waals surface area contributed by atoms with Crippen molar-refractivity contribution in [1.29, 1.82) is 5.26 Å². The summed E-state index contributed by atoms with van der Waals surface area (Å²) in [4.78, 5) is 11.6. The lowest BCUT2D eigenvalue weighted by molar-refractivity contribution is -0.117. The number of aryl methyl sites for hydroxylation is 1. The summed E-state index contributed by atoms with van der Waals surface area (Å²) >= 11 is 0. The van der Waals surface area contributed by atoms with E-state index in [0.717, 1.165) is 19.4 Å². The highest BCUT2D eigenvalue weighted by Gasteiger charge is 2.08. The second-order valence-electron chi connectivity index (χ2n) is 4.84. The van der Waals surface area contributed by atoms with Crippen LogP contribution in [-0.2, 0) is 11.2 Å². The molecule has 0 heterocycles. The van der Waals surface area contributed by atoms with Crippen molar-refractivity contribution in [3.63, 3.8) is 0 Å². The molecule has 1 amide bonds. The minimum atomic E-state index is -0.335. The maximum absolute atomic E-state index is 11.6. The summed E-state index contributed by atoms with van der Waals surface area (Å²) in [5, 5.41) is 14.6. The Bertz CT molecular complexity index is 486. The first-order valence-corrected chi connectivity index (χ1v) is 6.82. The van der Waals surface area contributed by atoms with Crippen molar-refractivity contribution in [2.75, 3.05) is 6.54 Å². The molecule has 1 rings (SSSR count). The van der Waals surface area contributed by atoms with Crippen molar-refractivity contribution < 1.29 is 4.79 Å². The number of benzene rings is 1. The summed E-state index contributed by atoms with van der Waals surface area (Å²) in [5.41, 5.74) is 1.40. The first kappa shape index (κ1) is 15.8. The number of hydrogen-bond donors (Lipinski definition) is 2. The lowest BCUT2D eigenvalue weighted by Gasteiger charge is -2.07. The third-order valence-electron chi connectivity index (χ3n) is 2.66. The van der Waals surface area contributed by atoms with Gasteiger partial charge in [-0.1, -0.05) is 30.3 Å². The molecule has 0 aliphatic carbocycles. The number of hydrogen-bond acceptors (Lipinski definition) is 3. The molecular weight excluding hydrogens is 250 g/mol. The van der Waals surface area contributed by atoms with E-state index in [4.69, 9.17) is 5.26 Å². The van der Waals surface area contributed by atoms with Crippen LogP contribution >= 0.6 is 0 Å². The SMILES string of the molecule is CC(C)NC(=O)/C(C#N)=C\NCCCc1ccccc1. The van der Waals surface area contributed by atoms with E-state index in [-0.39, 0.29) is 17.5 Å². The second kappa shape index (κ2) is 8.76. The van der Waals surface area contributed by atoms with Gasteiger partial charge in [-0.2, -0.15) is 5.26 Å². The van der Waals surface area contributed by atoms with E-state index in [9.17, 15) is 4.79 Å². The van der Waals surface area contributed by atoms with Gasteiger partial charge in [0, 0.05) is 18.8 Å². The summed E-state index contributed by atoms with van der Waals surface area (Å²) in [6, 6.07) is 12.1. The molecule has 0 aliphatic heterocycles. The highest BCUT2D eigenvalue weighted by molar-refractivity contribution is 5.97. The second-order valence-corrected chi connectivity index (χ2v) is 4.84. The molecule has 2 N–H and O–H groups in total. The summed E-state index contributed by atoms with van der Waals surface area (Å²) in [6.07, 6.45) is 3.41. The van der Waals surface area contributed by atoms with Gasteiger partial charge in [-0.15, -0.1) is 0 Å².